The second-order valence-electron chi connectivity index (χ2n) is 6.23. The molecule has 1 aliphatic rings. The van der Waals surface area contributed by atoms with Crippen molar-refractivity contribution in [2.24, 2.45) is 10.5 Å². The summed E-state index contributed by atoms with van der Waals surface area (Å²) in [6.45, 7) is 7.65. The number of nitro benzene ring substituents is 1. The van der Waals surface area contributed by atoms with E-state index in [-0.39, 0.29) is 23.1 Å². The topological polar surface area (TPSA) is 75.8 Å². The fourth-order valence-electron chi connectivity index (χ4n) is 2.33. The Morgan fingerprint density at radius 3 is 2.33 bits per heavy atom. The van der Waals surface area contributed by atoms with Gasteiger partial charge in [-0.1, -0.05) is 32.9 Å². The molecule has 0 aliphatic carbocycles. The van der Waals surface area contributed by atoms with Crippen LogP contribution >= 0.6 is 0 Å². The molecule has 1 amide bonds. The summed E-state index contributed by atoms with van der Waals surface area (Å²) in [6.07, 6.45) is 0.654. The molecule has 0 saturated heterocycles. The fourth-order valence-corrected chi connectivity index (χ4v) is 2.33. The van der Waals surface area contributed by atoms with Crippen LogP contribution in [0, 0.1) is 15.5 Å². The predicted molar refractivity (Wildman–Crippen MR) is 79.9 cm³/mol. The van der Waals surface area contributed by atoms with Crippen molar-refractivity contribution in [2.45, 2.75) is 40.2 Å². The average molecular weight is 289 g/mol. The lowest BCUT2D eigenvalue weighted by Crippen LogP contribution is -2.24. The quantitative estimate of drug-likeness (QED) is 0.619. The van der Waals surface area contributed by atoms with Crippen molar-refractivity contribution in [3.05, 3.63) is 39.9 Å². The smallest absolute Gasteiger partial charge is 0.269 e. The maximum Gasteiger partial charge on any atom is 0.269 e. The second-order valence-corrected chi connectivity index (χ2v) is 6.23. The first-order valence-corrected chi connectivity index (χ1v) is 6.82. The highest BCUT2D eigenvalue weighted by molar-refractivity contribution is 5.93. The van der Waals surface area contributed by atoms with Crippen molar-refractivity contribution in [1.29, 1.82) is 0 Å². The highest BCUT2D eigenvalue weighted by atomic mass is 16.6. The minimum atomic E-state index is -0.432. The van der Waals surface area contributed by atoms with Gasteiger partial charge in [0.1, 0.15) is 0 Å². The Morgan fingerprint density at radius 1 is 1.33 bits per heavy atom. The summed E-state index contributed by atoms with van der Waals surface area (Å²) in [4.78, 5) is 22.1. The van der Waals surface area contributed by atoms with Crippen LogP contribution in [0.15, 0.2) is 29.4 Å². The maximum absolute atomic E-state index is 11.8. The van der Waals surface area contributed by atoms with Gasteiger partial charge in [0.05, 0.1) is 11.0 Å². The molecule has 0 spiro atoms. The lowest BCUT2D eigenvalue weighted by Gasteiger charge is -2.20. The van der Waals surface area contributed by atoms with Gasteiger partial charge in [0.2, 0.25) is 5.91 Å². The van der Waals surface area contributed by atoms with Crippen molar-refractivity contribution in [3.63, 3.8) is 0 Å². The van der Waals surface area contributed by atoms with Gasteiger partial charge in [-0.25, -0.2) is 5.01 Å². The molecule has 0 bridgehead atoms. The third kappa shape index (κ3) is 3.09. The molecule has 1 aliphatic heterocycles. The molecule has 0 radical (unpaired) electrons. The lowest BCUT2D eigenvalue weighted by molar-refractivity contribution is -0.384. The van der Waals surface area contributed by atoms with Gasteiger partial charge in [-0.3, -0.25) is 14.9 Å². The molecule has 21 heavy (non-hydrogen) atoms. The standard InChI is InChI=1S/C15H19N3O3/c1-10(19)17-13(9-14(16-17)15(2,3)4)11-5-7-12(8-6-11)18(20)21/h5-8,13H,9H2,1-4H3. The number of amides is 1. The summed E-state index contributed by atoms with van der Waals surface area (Å²) < 4.78 is 0. The average Bonchev–Trinajstić information content (AvgIpc) is 2.83. The van der Waals surface area contributed by atoms with Crippen LogP contribution < -0.4 is 0 Å². The minimum absolute atomic E-state index is 0.0445. The van der Waals surface area contributed by atoms with E-state index in [9.17, 15) is 14.9 Å². The van der Waals surface area contributed by atoms with Gasteiger partial charge in [-0.15, -0.1) is 0 Å². The summed E-state index contributed by atoms with van der Waals surface area (Å²) >= 11 is 0. The number of non-ortho nitro benzene ring substituents is 1. The van der Waals surface area contributed by atoms with E-state index in [1.807, 2.05) is 0 Å². The second kappa shape index (κ2) is 5.27. The zero-order valence-electron chi connectivity index (χ0n) is 12.7. The Bertz CT molecular complexity index is 600. The Balaban J connectivity index is 2.31. The van der Waals surface area contributed by atoms with Gasteiger partial charge in [-0.2, -0.15) is 5.10 Å². The van der Waals surface area contributed by atoms with Crippen LogP contribution in [0.4, 0.5) is 5.69 Å². The largest absolute Gasteiger partial charge is 0.273 e. The van der Waals surface area contributed by atoms with Crippen LogP contribution in [0.25, 0.3) is 0 Å². The van der Waals surface area contributed by atoms with Crippen LogP contribution in [0.1, 0.15) is 45.7 Å². The Morgan fingerprint density at radius 2 is 1.90 bits per heavy atom. The zero-order valence-corrected chi connectivity index (χ0v) is 12.7. The summed E-state index contributed by atoms with van der Waals surface area (Å²) in [6, 6.07) is 6.13. The van der Waals surface area contributed by atoms with Crippen LogP contribution in [0.3, 0.4) is 0 Å². The molecule has 1 atom stereocenters. The van der Waals surface area contributed by atoms with Crippen LogP contribution in [-0.4, -0.2) is 21.6 Å². The monoisotopic (exact) mass is 289 g/mol. The first-order chi connectivity index (χ1) is 9.70. The molecule has 1 unspecified atom stereocenters. The van der Waals surface area contributed by atoms with Gasteiger partial charge in [0.25, 0.3) is 5.69 Å². The van der Waals surface area contributed by atoms with Gasteiger partial charge in [-0.05, 0) is 5.56 Å². The predicted octanol–water partition coefficient (Wildman–Crippen LogP) is 3.29. The first kappa shape index (κ1) is 15.2. The summed E-state index contributed by atoms with van der Waals surface area (Å²) in [7, 11) is 0. The number of hydrogen-bond acceptors (Lipinski definition) is 4. The zero-order chi connectivity index (χ0) is 15.8. The number of hydrogen-bond donors (Lipinski definition) is 0. The van der Waals surface area contributed by atoms with E-state index in [0.29, 0.717) is 6.42 Å². The van der Waals surface area contributed by atoms with E-state index in [4.69, 9.17) is 0 Å². The highest BCUT2D eigenvalue weighted by Gasteiger charge is 2.35. The fraction of sp³-hybridized carbons (Fsp3) is 0.467. The van der Waals surface area contributed by atoms with Crippen molar-refractivity contribution < 1.29 is 9.72 Å². The summed E-state index contributed by atoms with van der Waals surface area (Å²) in [5.74, 6) is -0.127. The van der Waals surface area contributed by atoms with E-state index in [1.165, 1.54) is 24.1 Å². The third-order valence-corrected chi connectivity index (χ3v) is 3.59. The molecule has 112 valence electrons. The van der Waals surface area contributed by atoms with E-state index in [0.717, 1.165) is 11.3 Å². The molecule has 6 nitrogen and oxygen atoms in total. The SMILES string of the molecule is CC(=O)N1N=C(C(C)(C)C)CC1c1ccc([N+](=O)[O-])cc1. The van der Waals surface area contributed by atoms with E-state index in [2.05, 4.69) is 25.9 Å². The normalized spacial score (nSPS) is 18.6. The molecule has 6 heteroatoms. The molecule has 0 aromatic heterocycles. The number of carbonyl (C=O) groups excluding carboxylic acids is 1. The number of carbonyl (C=O) groups is 1. The maximum atomic E-state index is 11.8. The molecular formula is C15H19N3O3. The number of benzene rings is 1. The number of nitrogens with zero attached hydrogens (tertiary/aromatic N) is 3. The van der Waals surface area contributed by atoms with Gasteiger partial charge in [0.15, 0.2) is 0 Å². The van der Waals surface area contributed by atoms with E-state index >= 15 is 0 Å². The van der Waals surface area contributed by atoms with Crippen LogP contribution in [-0.2, 0) is 4.79 Å². The van der Waals surface area contributed by atoms with Gasteiger partial charge < -0.3 is 0 Å². The molecular weight excluding hydrogens is 270 g/mol. The Labute approximate surface area is 123 Å². The van der Waals surface area contributed by atoms with Crippen LogP contribution in [0.2, 0.25) is 0 Å². The van der Waals surface area contributed by atoms with Gasteiger partial charge >= 0.3 is 0 Å². The van der Waals surface area contributed by atoms with Crippen molar-refractivity contribution in [1.82, 2.24) is 5.01 Å². The molecule has 2 rings (SSSR count). The molecule has 1 aromatic rings. The number of rotatable bonds is 2. The minimum Gasteiger partial charge on any atom is -0.273 e. The van der Waals surface area contributed by atoms with E-state index < -0.39 is 4.92 Å². The summed E-state index contributed by atoms with van der Waals surface area (Å²) in [5.41, 5.74) is 1.76. The molecule has 0 fully saturated rings. The Kier molecular flexibility index (Phi) is 3.80. The lowest BCUT2D eigenvalue weighted by atomic mass is 9.86. The van der Waals surface area contributed by atoms with Crippen molar-refractivity contribution in [2.75, 3.05) is 0 Å². The van der Waals surface area contributed by atoms with Gasteiger partial charge in [0, 0.05) is 36.6 Å². The van der Waals surface area contributed by atoms with Crippen molar-refractivity contribution in [3.8, 4) is 0 Å². The highest BCUT2D eigenvalue weighted by Crippen LogP contribution is 2.36. The Hall–Kier alpha value is -2.24. The van der Waals surface area contributed by atoms with Crippen LogP contribution in [0.5, 0.6) is 0 Å². The van der Waals surface area contributed by atoms with E-state index in [1.54, 1.807) is 12.1 Å². The summed E-state index contributed by atoms with van der Waals surface area (Å²) in [5, 5.41) is 16.6. The molecule has 0 saturated carbocycles. The molecule has 0 N–H and O–H groups in total. The number of nitro groups is 1. The third-order valence-electron chi connectivity index (χ3n) is 3.59. The van der Waals surface area contributed by atoms with Crippen molar-refractivity contribution >= 4 is 17.3 Å². The number of hydrazone groups is 1. The molecule has 1 heterocycles. The first-order valence-electron chi connectivity index (χ1n) is 6.82. The molecule has 1 aromatic carbocycles.